The number of halogens is 2. The van der Waals surface area contributed by atoms with E-state index in [1.807, 2.05) is 31.6 Å². The van der Waals surface area contributed by atoms with Crippen LogP contribution in [0.4, 0.5) is 8.78 Å². The Balaban J connectivity index is 1.65. The summed E-state index contributed by atoms with van der Waals surface area (Å²) in [5.41, 5.74) is 4.83. The molecule has 0 bridgehead atoms. The average molecular weight is 494 g/mol. The predicted molar refractivity (Wildman–Crippen MR) is 129 cm³/mol. The van der Waals surface area contributed by atoms with Gasteiger partial charge in [0.2, 0.25) is 0 Å². The van der Waals surface area contributed by atoms with Gasteiger partial charge < -0.3 is 0 Å². The summed E-state index contributed by atoms with van der Waals surface area (Å²) in [4.78, 5) is 3.91. The Bertz CT molecular complexity index is 1670. The molecule has 0 atom stereocenters. The molecule has 0 fully saturated rings. The maximum Gasteiger partial charge on any atom is 0.154 e. The van der Waals surface area contributed by atoms with E-state index in [0.29, 0.717) is 16.7 Å². The first-order valence-corrected chi connectivity index (χ1v) is 12.7. The van der Waals surface area contributed by atoms with Crippen LogP contribution in [0.25, 0.3) is 39.0 Å². The van der Waals surface area contributed by atoms with E-state index in [4.69, 9.17) is 0 Å². The second-order valence-corrected chi connectivity index (χ2v) is 10.6. The molecule has 0 aliphatic heterocycles. The van der Waals surface area contributed by atoms with E-state index in [0.717, 1.165) is 34.5 Å². The molecule has 10 heteroatoms. The highest BCUT2D eigenvalue weighted by Gasteiger charge is 2.17. The highest BCUT2D eigenvalue weighted by Crippen LogP contribution is 2.33. The molecule has 0 saturated carbocycles. The number of nitrogens with zero attached hydrogens (tertiary/aromatic N) is 5. The summed E-state index contributed by atoms with van der Waals surface area (Å²) in [6.45, 7) is 1.58. The number of hydrogen-bond acceptors (Lipinski definition) is 5. The lowest BCUT2D eigenvalue weighted by Gasteiger charge is -2.11. The normalized spacial score (nSPS) is 11.9. The number of hydrogen-bond donors (Lipinski definition) is 0. The molecule has 0 unspecified atom stereocenters. The summed E-state index contributed by atoms with van der Waals surface area (Å²) in [5.74, 6) is -1.85. The van der Waals surface area contributed by atoms with Crippen LogP contribution in [0.15, 0.2) is 67.4 Å². The molecule has 178 valence electrons. The molecule has 5 aromatic rings. The van der Waals surface area contributed by atoms with Gasteiger partial charge in [-0.25, -0.2) is 21.7 Å². The van der Waals surface area contributed by atoms with Crippen LogP contribution >= 0.6 is 0 Å². The Hall–Kier alpha value is -3.92. The van der Waals surface area contributed by atoms with Gasteiger partial charge in [-0.3, -0.25) is 9.67 Å². The number of aromatic nitrogens is 5. The third-order valence-corrected chi connectivity index (χ3v) is 7.42. The maximum absolute atomic E-state index is 14.6. The SMILES string of the molecule is CCS(=O)(=O)Cc1cc(-c2ncc(F)cc2F)cc(-c2cnn3cc(-c4cnn(C)c4)ccc23)c1. The summed E-state index contributed by atoms with van der Waals surface area (Å²) in [6, 6.07) is 9.65. The van der Waals surface area contributed by atoms with E-state index in [2.05, 4.69) is 15.2 Å². The topological polar surface area (TPSA) is 82.2 Å². The fraction of sp³-hybridized carbons (Fsp3) is 0.160. The van der Waals surface area contributed by atoms with Crippen molar-refractivity contribution in [2.45, 2.75) is 12.7 Å². The van der Waals surface area contributed by atoms with E-state index in [-0.39, 0.29) is 17.2 Å². The molecular formula is C25H21F2N5O2S. The standard InChI is InChI=1S/C25H21F2N5O2S/c1-3-35(33,34)15-16-6-18(8-19(7-16)25-23(27)9-21(26)11-28-25)22-12-30-32-14-17(4-5-24(22)32)20-10-29-31(2)13-20/h4-14H,3,15H2,1-2H3. The number of fused-ring (bicyclic) bond motifs is 1. The zero-order chi connectivity index (χ0) is 24.7. The van der Waals surface area contributed by atoms with E-state index in [1.54, 1.807) is 46.7 Å². The van der Waals surface area contributed by atoms with Crippen LogP contribution < -0.4 is 0 Å². The molecule has 5 rings (SSSR count). The van der Waals surface area contributed by atoms with Crippen LogP contribution in [0, 0.1) is 11.6 Å². The first kappa shape index (κ1) is 22.9. The van der Waals surface area contributed by atoms with Crippen molar-refractivity contribution in [3.05, 3.63) is 84.6 Å². The lowest BCUT2D eigenvalue weighted by molar-refractivity contribution is 0.576. The van der Waals surface area contributed by atoms with Gasteiger partial charge in [0.05, 0.1) is 29.9 Å². The minimum absolute atomic E-state index is 0.0243. The second kappa shape index (κ2) is 8.70. The smallest absolute Gasteiger partial charge is 0.154 e. The molecule has 4 heterocycles. The summed E-state index contributed by atoms with van der Waals surface area (Å²) in [6.07, 6.45) is 8.15. The highest BCUT2D eigenvalue weighted by atomic mass is 32.2. The van der Waals surface area contributed by atoms with Gasteiger partial charge in [-0.2, -0.15) is 10.2 Å². The third-order valence-electron chi connectivity index (χ3n) is 5.77. The number of benzene rings is 1. The zero-order valence-electron chi connectivity index (χ0n) is 19.0. The number of rotatable bonds is 6. The quantitative estimate of drug-likeness (QED) is 0.343. The van der Waals surface area contributed by atoms with Crippen molar-refractivity contribution in [3.63, 3.8) is 0 Å². The van der Waals surface area contributed by atoms with Crippen molar-refractivity contribution < 1.29 is 17.2 Å². The van der Waals surface area contributed by atoms with Gasteiger partial charge in [0, 0.05) is 53.5 Å². The third kappa shape index (κ3) is 4.57. The molecule has 0 N–H and O–H groups in total. The molecule has 0 spiro atoms. The molecule has 0 aliphatic carbocycles. The highest BCUT2D eigenvalue weighted by molar-refractivity contribution is 7.90. The van der Waals surface area contributed by atoms with Crippen LogP contribution in [0.2, 0.25) is 0 Å². The minimum Gasteiger partial charge on any atom is -0.275 e. The molecule has 0 radical (unpaired) electrons. The Labute approximate surface area is 200 Å². The Morgan fingerprint density at radius 1 is 0.886 bits per heavy atom. The van der Waals surface area contributed by atoms with Gasteiger partial charge in [-0.1, -0.05) is 13.0 Å². The van der Waals surface area contributed by atoms with Gasteiger partial charge in [0.25, 0.3) is 0 Å². The molecule has 0 saturated heterocycles. The van der Waals surface area contributed by atoms with Crippen LogP contribution in [0.3, 0.4) is 0 Å². The molecule has 1 aromatic carbocycles. The molecule has 0 amide bonds. The van der Waals surface area contributed by atoms with E-state index in [1.165, 1.54) is 0 Å². The first-order chi connectivity index (χ1) is 16.7. The van der Waals surface area contributed by atoms with Crippen molar-refractivity contribution in [1.29, 1.82) is 0 Å². The van der Waals surface area contributed by atoms with Crippen LogP contribution in [0.1, 0.15) is 12.5 Å². The fourth-order valence-corrected chi connectivity index (χ4v) is 4.88. The monoisotopic (exact) mass is 493 g/mol. The summed E-state index contributed by atoms with van der Waals surface area (Å²) >= 11 is 0. The molecule has 0 aliphatic rings. The zero-order valence-corrected chi connectivity index (χ0v) is 19.8. The van der Waals surface area contributed by atoms with E-state index >= 15 is 0 Å². The number of aryl methyl sites for hydroxylation is 1. The number of sulfone groups is 1. The first-order valence-electron chi connectivity index (χ1n) is 10.8. The largest absolute Gasteiger partial charge is 0.275 e. The lowest BCUT2D eigenvalue weighted by Crippen LogP contribution is -2.07. The van der Waals surface area contributed by atoms with Gasteiger partial charge >= 0.3 is 0 Å². The van der Waals surface area contributed by atoms with E-state index in [9.17, 15) is 17.2 Å². The summed E-state index contributed by atoms with van der Waals surface area (Å²) < 4.78 is 56.2. The van der Waals surface area contributed by atoms with Crippen molar-refractivity contribution in [1.82, 2.24) is 24.4 Å². The Morgan fingerprint density at radius 2 is 1.69 bits per heavy atom. The van der Waals surface area contributed by atoms with Gasteiger partial charge in [-0.15, -0.1) is 0 Å². The van der Waals surface area contributed by atoms with Gasteiger partial charge in [0.1, 0.15) is 11.5 Å². The minimum atomic E-state index is -3.35. The van der Waals surface area contributed by atoms with Crippen molar-refractivity contribution in [2.75, 3.05) is 5.75 Å². The molecule has 35 heavy (non-hydrogen) atoms. The number of pyridine rings is 2. The molecular weight excluding hydrogens is 472 g/mol. The van der Waals surface area contributed by atoms with Crippen LogP contribution in [0.5, 0.6) is 0 Å². The molecule has 4 aromatic heterocycles. The Morgan fingerprint density at radius 3 is 2.40 bits per heavy atom. The predicted octanol–water partition coefficient (Wildman–Crippen LogP) is 4.68. The van der Waals surface area contributed by atoms with E-state index < -0.39 is 21.5 Å². The maximum atomic E-state index is 14.6. The summed E-state index contributed by atoms with van der Waals surface area (Å²) in [7, 11) is -1.51. The van der Waals surface area contributed by atoms with Gasteiger partial charge in [-0.05, 0) is 35.4 Å². The van der Waals surface area contributed by atoms with Crippen molar-refractivity contribution in [3.8, 4) is 33.5 Å². The average Bonchev–Trinajstić information content (AvgIpc) is 3.44. The van der Waals surface area contributed by atoms with Crippen LogP contribution in [-0.4, -0.2) is 38.5 Å². The Kier molecular flexibility index (Phi) is 5.68. The summed E-state index contributed by atoms with van der Waals surface area (Å²) in [5, 5.41) is 8.67. The molecule has 7 nitrogen and oxygen atoms in total. The van der Waals surface area contributed by atoms with Crippen molar-refractivity contribution >= 4 is 15.4 Å². The second-order valence-electron chi connectivity index (χ2n) is 8.29. The van der Waals surface area contributed by atoms with Crippen LogP contribution in [-0.2, 0) is 22.6 Å². The fourth-order valence-electron chi connectivity index (χ4n) is 4.00. The van der Waals surface area contributed by atoms with Crippen molar-refractivity contribution in [2.24, 2.45) is 7.05 Å². The lowest BCUT2D eigenvalue weighted by atomic mass is 9.99. The van der Waals surface area contributed by atoms with Gasteiger partial charge in [0.15, 0.2) is 15.7 Å².